The molecule has 3 heterocycles. The fourth-order valence-corrected chi connectivity index (χ4v) is 3.96. The van der Waals surface area contributed by atoms with Crippen molar-refractivity contribution in [3.05, 3.63) is 72.1 Å². The Morgan fingerprint density at radius 2 is 1.90 bits per heavy atom. The number of nitrogens with zero attached hydrogens (tertiary/aromatic N) is 4. The number of carbonyl (C=O) groups excluding carboxylic acids is 1. The van der Waals surface area contributed by atoms with E-state index in [0.29, 0.717) is 6.04 Å². The number of hydrogen-bond acceptors (Lipinski definition) is 5. The molecule has 1 N–H and O–H groups in total. The van der Waals surface area contributed by atoms with Crippen LogP contribution in [0.4, 0.5) is 5.69 Å². The van der Waals surface area contributed by atoms with Gasteiger partial charge in [-0.3, -0.25) is 14.7 Å². The molecule has 0 saturated carbocycles. The predicted octanol–water partition coefficient (Wildman–Crippen LogP) is 4.14. The number of likely N-dealkylation sites (tertiary alicyclic amines) is 1. The number of carbonyl (C=O) groups is 1. The number of aromatic nitrogens is 3. The van der Waals surface area contributed by atoms with Crippen LogP contribution in [0.5, 0.6) is 0 Å². The Hall–Kier alpha value is -3.12. The van der Waals surface area contributed by atoms with Gasteiger partial charge >= 0.3 is 0 Å². The Morgan fingerprint density at radius 3 is 2.62 bits per heavy atom. The summed E-state index contributed by atoms with van der Waals surface area (Å²) in [7, 11) is 0. The standard InChI is InChI=1S/C23H25N5O/c1-16-10-19(20-12-24-15-25-13-20)11-22(26-16)23-4-3-9-28(23)14-18-5-7-21(8-6-18)27-17(2)29/h5-8,10-13,15,23H,3-4,9,14H2,1-2H3,(H,27,29). The molecule has 2 aromatic heterocycles. The Balaban J connectivity index is 1.54. The first kappa shape index (κ1) is 19.2. The van der Waals surface area contributed by atoms with Gasteiger partial charge in [0.05, 0.1) is 11.7 Å². The van der Waals surface area contributed by atoms with Crippen molar-refractivity contribution in [2.45, 2.75) is 39.3 Å². The minimum atomic E-state index is -0.0532. The summed E-state index contributed by atoms with van der Waals surface area (Å²) in [5.74, 6) is -0.0532. The Bertz CT molecular complexity index is 988. The minimum Gasteiger partial charge on any atom is -0.326 e. The highest BCUT2D eigenvalue weighted by Gasteiger charge is 2.27. The van der Waals surface area contributed by atoms with Gasteiger partial charge in [-0.15, -0.1) is 0 Å². The third kappa shape index (κ3) is 4.66. The van der Waals surface area contributed by atoms with Gasteiger partial charge in [0.25, 0.3) is 0 Å². The smallest absolute Gasteiger partial charge is 0.221 e. The molecule has 1 aliphatic rings. The van der Waals surface area contributed by atoms with E-state index in [1.165, 1.54) is 12.5 Å². The summed E-state index contributed by atoms with van der Waals surface area (Å²) in [4.78, 5) is 26.8. The maximum Gasteiger partial charge on any atom is 0.221 e. The van der Waals surface area contributed by atoms with E-state index in [0.717, 1.165) is 54.1 Å². The second-order valence-electron chi connectivity index (χ2n) is 7.56. The summed E-state index contributed by atoms with van der Waals surface area (Å²) in [5, 5.41) is 2.82. The van der Waals surface area contributed by atoms with E-state index in [-0.39, 0.29) is 5.91 Å². The molecule has 3 aromatic rings. The van der Waals surface area contributed by atoms with Gasteiger partial charge < -0.3 is 5.32 Å². The zero-order valence-electron chi connectivity index (χ0n) is 16.8. The highest BCUT2D eigenvalue weighted by molar-refractivity contribution is 5.88. The van der Waals surface area contributed by atoms with Gasteiger partial charge in [-0.2, -0.15) is 0 Å². The van der Waals surface area contributed by atoms with Crippen molar-refractivity contribution in [2.24, 2.45) is 0 Å². The van der Waals surface area contributed by atoms with Gasteiger partial charge in [0.2, 0.25) is 5.91 Å². The maximum absolute atomic E-state index is 11.2. The fourth-order valence-electron chi connectivity index (χ4n) is 3.96. The van der Waals surface area contributed by atoms with Gasteiger partial charge in [-0.1, -0.05) is 12.1 Å². The maximum atomic E-state index is 11.2. The van der Waals surface area contributed by atoms with Crippen molar-refractivity contribution < 1.29 is 4.79 Å². The van der Waals surface area contributed by atoms with Crippen LogP contribution >= 0.6 is 0 Å². The summed E-state index contributed by atoms with van der Waals surface area (Å²) in [6.07, 6.45) is 7.50. The average molecular weight is 387 g/mol. The van der Waals surface area contributed by atoms with Crippen LogP contribution in [0.2, 0.25) is 0 Å². The lowest BCUT2D eigenvalue weighted by Crippen LogP contribution is -2.23. The first-order chi connectivity index (χ1) is 14.1. The van der Waals surface area contributed by atoms with Gasteiger partial charge in [0, 0.05) is 42.8 Å². The van der Waals surface area contributed by atoms with Crippen LogP contribution in [-0.4, -0.2) is 32.3 Å². The molecular weight excluding hydrogens is 362 g/mol. The van der Waals surface area contributed by atoms with Crippen LogP contribution in [0.25, 0.3) is 11.1 Å². The Morgan fingerprint density at radius 1 is 1.14 bits per heavy atom. The molecular formula is C23H25N5O. The zero-order chi connectivity index (χ0) is 20.2. The first-order valence-electron chi connectivity index (χ1n) is 9.93. The normalized spacial score (nSPS) is 16.7. The van der Waals surface area contributed by atoms with Crippen molar-refractivity contribution in [1.29, 1.82) is 0 Å². The van der Waals surface area contributed by atoms with Crippen LogP contribution in [0.1, 0.15) is 42.8 Å². The van der Waals surface area contributed by atoms with Gasteiger partial charge in [-0.05, 0) is 61.7 Å². The summed E-state index contributed by atoms with van der Waals surface area (Å²) in [6.45, 7) is 5.48. The second-order valence-corrected chi connectivity index (χ2v) is 7.56. The van der Waals surface area contributed by atoms with Crippen LogP contribution in [-0.2, 0) is 11.3 Å². The molecule has 1 aromatic carbocycles. The van der Waals surface area contributed by atoms with Crippen LogP contribution in [0.3, 0.4) is 0 Å². The lowest BCUT2D eigenvalue weighted by molar-refractivity contribution is -0.114. The van der Waals surface area contributed by atoms with Crippen molar-refractivity contribution in [2.75, 3.05) is 11.9 Å². The van der Waals surface area contributed by atoms with Crippen molar-refractivity contribution in [1.82, 2.24) is 19.9 Å². The van der Waals surface area contributed by atoms with E-state index in [9.17, 15) is 4.79 Å². The highest BCUT2D eigenvalue weighted by Crippen LogP contribution is 2.34. The third-order valence-electron chi connectivity index (χ3n) is 5.23. The largest absolute Gasteiger partial charge is 0.326 e. The first-order valence-corrected chi connectivity index (χ1v) is 9.93. The molecule has 1 unspecified atom stereocenters. The summed E-state index contributed by atoms with van der Waals surface area (Å²) in [6, 6.07) is 12.6. The third-order valence-corrected chi connectivity index (χ3v) is 5.23. The lowest BCUT2D eigenvalue weighted by Gasteiger charge is -2.25. The van der Waals surface area contributed by atoms with Crippen molar-refractivity contribution in [3.63, 3.8) is 0 Å². The Labute approximate surface area is 171 Å². The van der Waals surface area contributed by atoms with E-state index >= 15 is 0 Å². The average Bonchev–Trinajstić information content (AvgIpc) is 3.17. The van der Waals surface area contributed by atoms with E-state index in [1.54, 1.807) is 6.33 Å². The SMILES string of the molecule is CC(=O)Nc1ccc(CN2CCCC2c2cc(-c3cncnc3)cc(C)n2)cc1. The zero-order valence-corrected chi connectivity index (χ0v) is 16.8. The molecule has 0 radical (unpaired) electrons. The predicted molar refractivity (Wildman–Crippen MR) is 113 cm³/mol. The molecule has 1 atom stereocenters. The van der Waals surface area contributed by atoms with Crippen LogP contribution < -0.4 is 5.32 Å². The number of benzene rings is 1. The monoisotopic (exact) mass is 387 g/mol. The highest BCUT2D eigenvalue weighted by atomic mass is 16.1. The van der Waals surface area contributed by atoms with E-state index < -0.39 is 0 Å². The van der Waals surface area contributed by atoms with Crippen molar-refractivity contribution in [3.8, 4) is 11.1 Å². The van der Waals surface area contributed by atoms with Crippen LogP contribution in [0, 0.1) is 6.92 Å². The number of anilines is 1. The summed E-state index contributed by atoms with van der Waals surface area (Å²) < 4.78 is 0. The van der Waals surface area contributed by atoms with E-state index in [4.69, 9.17) is 4.98 Å². The number of pyridine rings is 1. The van der Waals surface area contributed by atoms with Gasteiger partial charge in [0.1, 0.15) is 6.33 Å². The molecule has 1 aliphatic heterocycles. The summed E-state index contributed by atoms with van der Waals surface area (Å²) >= 11 is 0. The van der Waals surface area contributed by atoms with Gasteiger partial charge in [-0.25, -0.2) is 9.97 Å². The number of rotatable bonds is 5. The Kier molecular flexibility index (Phi) is 5.62. The second kappa shape index (κ2) is 8.49. The lowest BCUT2D eigenvalue weighted by atomic mass is 10.0. The van der Waals surface area contributed by atoms with E-state index in [1.807, 2.05) is 31.5 Å². The number of amides is 1. The van der Waals surface area contributed by atoms with Crippen molar-refractivity contribution >= 4 is 11.6 Å². The van der Waals surface area contributed by atoms with Gasteiger partial charge in [0.15, 0.2) is 0 Å². The molecule has 0 spiro atoms. The molecule has 1 fully saturated rings. The van der Waals surface area contributed by atoms with E-state index in [2.05, 4.69) is 44.5 Å². The molecule has 6 nitrogen and oxygen atoms in total. The fraction of sp³-hybridized carbons (Fsp3) is 0.304. The molecule has 6 heteroatoms. The molecule has 1 saturated heterocycles. The number of hydrogen-bond donors (Lipinski definition) is 1. The quantitative estimate of drug-likeness (QED) is 0.712. The molecule has 29 heavy (non-hydrogen) atoms. The van der Waals surface area contributed by atoms with Crippen LogP contribution in [0.15, 0.2) is 55.1 Å². The molecule has 0 bridgehead atoms. The molecule has 148 valence electrons. The molecule has 4 rings (SSSR count). The minimum absolute atomic E-state index is 0.0532. The number of nitrogens with one attached hydrogen (secondary N) is 1. The topological polar surface area (TPSA) is 71.0 Å². The number of aryl methyl sites for hydroxylation is 1. The molecule has 0 aliphatic carbocycles. The summed E-state index contributed by atoms with van der Waals surface area (Å²) in [5.41, 5.74) is 6.30. The molecule has 1 amide bonds.